The van der Waals surface area contributed by atoms with Gasteiger partial charge in [0, 0.05) is 31.3 Å². The summed E-state index contributed by atoms with van der Waals surface area (Å²) < 4.78 is 0. The minimum atomic E-state index is -0.199. The maximum Gasteiger partial charge on any atom is 0.217 e. The number of carbonyl (C=O) groups excluding carboxylic acids is 1. The Labute approximate surface area is 149 Å². The fraction of sp³-hybridized carbons (Fsp3) is 0.857. The van der Waals surface area contributed by atoms with E-state index in [9.17, 15) is 4.79 Å². The molecule has 0 radical (unpaired) electrons. The van der Waals surface area contributed by atoms with Gasteiger partial charge >= 0.3 is 0 Å². The third kappa shape index (κ3) is 8.13. The van der Waals surface area contributed by atoms with Crippen LogP contribution in [0.4, 0.5) is 0 Å². The lowest BCUT2D eigenvalue weighted by Crippen LogP contribution is -2.47. The highest BCUT2D eigenvalue weighted by molar-refractivity contribution is 14.0. The predicted octanol–water partition coefficient (Wildman–Crippen LogP) is 1.91. The van der Waals surface area contributed by atoms with Gasteiger partial charge in [0.25, 0.3) is 0 Å². The van der Waals surface area contributed by atoms with E-state index in [4.69, 9.17) is 10.7 Å². The van der Waals surface area contributed by atoms with Crippen LogP contribution in [0.3, 0.4) is 0 Å². The van der Waals surface area contributed by atoms with E-state index in [1.54, 1.807) is 0 Å². The number of carbonyl (C=O) groups is 1. The van der Waals surface area contributed by atoms with Gasteiger partial charge in [0.2, 0.25) is 5.91 Å². The van der Waals surface area contributed by atoms with Gasteiger partial charge in [-0.15, -0.1) is 24.0 Å². The molecule has 0 aromatic heterocycles. The van der Waals surface area contributed by atoms with Gasteiger partial charge in [0.1, 0.15) is 0 Å². The molecule has 1 heterocycles. The number of aliphatic imine (C=N–C) groups is 1. The summed E-state index contributed by atoms with van der Waals surface area (Å²) in [5.41, 5.74) is 5.31. The predicted molar refractivity (Wildman–Crippen MR) is 102 cm³/mol. The molecule has 0 bridgehead atoms. The number of hydrogen-bond acceptors (Lipinski definition) is 3. The van der Waals surface area contributed by atoms with E-state index in [2.05, 4.69) is 30.3 Å². The maximum atomic E-state index is 11.1. The molecule has 21 heavy (non-hydrogen) atoms. The number of piperidine rings is 1. The minimum absolute atomic E-state index is 0. The van der Waals surface area contributed by atoms with Crippen molar-refractivity contribution in [1.29, 1.82) is 0 Å². The fourth-order valence-corrected chi connectivity index (χ4v) is 2.65. The summed E-state index contributed by atoms with van der Waals surface area (Å²) in [5, 5.41) is 3.88. The number of primary amides is 1. The van der Waals surface area contributed by atoms with Crippen LogP contribution in [0.2, 0.25) is 0 Å². The Morgan fingerprint density at radius 3 is 2.86 bits per heavy atom. The lowest BCUT2D eigenvalue weighted by Gasteiger charge is -2.34. The van der Waals surface area contributed by atoms with E-state index in [0.717, 1.165) is 45.0 Å². The molecule has 0 spiro atoms. The highest BCUT2D eigenvalue weighted by Crippen LogP contribution is 2.19. The average molecular weight is 428 g/mol. The van der Waals surface area contributed by atoms with Gasteiger partial charge in [0.15, 0.2) is 5.96 Å². The number of likely N-dealkylation sites (tertiary alicyclic amines) is 1. The lowest BCUT2D eigenvalue weighted by molar-refractivity contribution is -0.119. The number of thioether (sulfide) groups is 1. The smallest absolute Gasteiger partial charge is 0.217 e. The lowest BCUT2D eigenvalue weighted by atomic mass is 9.95. The van der Waals surface area contributed by atoms with Gasteiger partial charge in [0.05, 0.1) is 6.54 Å². The molecule has 1 fully saturated rings. The van der Waals surface area contributed by atoms with Crippen LogP contribution in [0.25, 0.3) is 0 Å². The van der Waals surface area contributed by atoms with Crippen molar-refractivity contribution in [2.75, 3.05) is 32.4 Å². The van der Waals surface area contributed by atoms with Crippen LogP contribution in [0.1, 0.15) is 33.1 Å². The van der Waals surface area contributed by atoms with E-state index < -0.39 is 0 Å². The van der Waals surface area contributed by atoms with E-state index in [0.29, 0.717) is 17.6 Å². The molecule has 7 heteroatoms. The second-order valence-corrected chi connectivity index (χ2v) is 6.64. The van der Waals surface area contributed by atoms with Crippen LogP contribution in [0.15, 0.2) is 4.99 Å². The number of hydrogen-bond donors (Lipinski definition) is 2. The summed E-state index contributed by atoms with van der Waals surface area (Å²) in [6.45, 7) is 7.84. The molecule has 0 aliphatic carbocycles. The molecular formula is C14H29IN4OS. The second kappa shape index (κ2) is 11.4. The number of amides is 1. The molecular weight excluding hydrogens is 399 g/mol. The van der Waals surface area contributed by atoms with E-state index in [1.165, 1.54) is 0 Å². The summed E-state index contributed by atoms with van der Waals surface area (Å²) in [5.74, 6) is 1.14. The highest BCUT2D eigenvalue weighted by atomic mass is 127. The Kier molecular flexibility index (Phi) is 11.3. The molecule has 2 atom stereocenters. The van der Waals surface area contributed by atoms with Crippen molar-refractivity contribution < 1.29 is 4.79 Å². The van der Waals surface area contributed by atoms with Crippen LogP contribution in [0, 0.1) is 5.92 Å². The van der Waals surface area contributed by atoms with Crippen LogP contribution in [-0.4, -0.2) is 54.5 Å². The zero-order valence-corrected chi connectivity index (χ0v) is 16.4. The Balaban J connectivity index is 0.00000400. The van der Waals surface area contributed by atoms with Crippen LogP contribution >= 0.6 is 35.7 Å². The Hall–Kier alpha value is -0.180. The zero-order chi connectivity index (χ0) is 15.0. The van der Waals surface area contributed by atoms with E-state index in [1.807, 2.05) is 11.8 Å². The molecule has 1 saturated heterocycles. The molecule has 1 aliphatic heterocycles. The third-order valence-corrected chi connectivity index (χ3v) is 4.50. The molecule has 0 aromatic carbocycles. The Bertz CT molecular complexity index is 341. The number of guanidine groups is 1. The van der Waals surface area contributed by atoms with Crippen molar-refractivity contribution in [2.45, 2.75) is 38.4 Å². The number of nitrogens with zero attached hydrogens (tertiary/aromatic N) is 2. The highest BCUT2D eigenvalue weighted by Gasteiger charge is 2.23. The van der Waals surface area contributed by atoms with Gasteiger partial charge in [-0.2, -0.15) is 11.8 Å². The molecule has 124 valence electrons. The van der Waals surface area contributed by atoms with Crippen molar-refractivity contribution in [3.05, 3.63) is 0 Å². The summed E-state index contributed by atoms with van der Waals surface area (Å²) in [4.78, 5) is 18.1. The molecule has 0 saturated carbocycles. The number of rotatable bonds is 6. The van der Waals surface area contributed by atoms with Crippen molar-refractivity contribution >= 4 is 47.6 Å². The van der Waals surface area contributed by atoms with Gasteiger partial charge in [-0.1, -0.05) is 6.92 Å². The quantitative estimate of drug-likeness (QED) is 0.385. The number of halogens is 1. The molecule has 5 nitrogen and oxygen atoms in total. The van der Waals surface area contributed by atoms with Gasteiger partial charge < -0.3 is 16.0 Å². The molecule has 0 aromatic rings. The standard InChI is InChI=1S/C14H28N4OS.HI/c1-4-16-14(17-9-11(2)20-3)18-7-5-6-12(10-18)8-13(15)19;/h11-12H,4-10H2,1-3H3,(H2,15,19)(H,16,17);1H. The summed E-state index contributed by atoms with van der Waals surface area (Å²) in [6.07, 6.45) is 4.77. The molecule has 1 aliphatic rings. The van der Waals surface area contributed by atoms with E-state index >= 15 is 0 Å². The van der Waals surface area contributed by atoms with Gasteiger partial charge in [-0.3, -0.25) is 9.79 Å². The zero-order valence-electron chi connectivity index (χ0n) is 13.3. The Morgan fingerprint density at radius 1 is 1.57 bits per heavy atom. The summed E-state index contributed by atoms with van der Waals surface area (Å²) >= 11 is 1.83. The minimum Gasteiger partial charge on any atom is -0.370 e. The second-order valence-electron chi connectivity index (χ2n) is 5.37. The van der Waals surface area contributed by atoms with Crippen LogP contribution in [-0.2, 0) is 4.79 Å². The normalized spacial score (nSPS) is 20.6. The number of nitrogens with one attached hydrogen (secondary N) is 1. The SMILES string of the molecule is CCNC(=NCC(C)SC)N1CCCC(CC(N)=O)C1.I. The topological polar surface area (TPSA) is 70.7 Å². The van der Waals surface area contributed by atoms with Crippen LogP contribution in [0.5, 0.6) is 0 Å². The van der Waals surface area contributed by atoms with Crippen molar-refractivity contribution in [3.63, 3.8) is 0 Å². The fourth-order valence-electron chi connectivity index (χ4n) is 2.42. The molecule has 2 unspecified atom stereocenters. The van der Waals surface area contributed by atoms with Gasteiger partial charge in [-0.25, -0.2) is 0 Å². The number of nitrogens with two attached hydrogens (primary N) is 1. The summed E-state index contributed by atoms with van der Waals surface area (Å²) in [6, 6.07) is 0. The van der Waals surface area contributed by atoms with Crippen molar-refractivity contribution in [3.8, 4) is 0 Å². The van der Waals surface area contributed by atoms with Crippen LogP contribution < -0.4 is 11.1 Å². The van der Waals surface area contributed by atoms with Gasteiger partial charge in [-0.05, 0) is 31.9 Å². The molecule has 1 rings (SSSR count). The maximum absolute atomic E-state index is 11.1. The largest absolute Gasteiger partial charge is 0.370 e. The first-order chi connectivity index (χ1) is 9.56. The molecule has 1 amide bonds. The Morgan fingerprint density at radius 2 is 2.29 bits per heavy atom. The monoisotopic (exact) mass is 428 g/mol. The van der Waals surface area contributed by atoms with Crippen molar-refractivity contribution in [1.82, 2.24) is 10.2 Å². The third-order valence-electron chi connectivity index (χ3n) is 3.54. The first-order valence-corrected chi connectivity index (χ1v) is 8.70. The average Bonchev–Trinajstić information content (AvgIpc) is 2.42. The van der Waals surface area contributed by atoms with Crippen molar-refractivity contribution in [2.24, 2.45) is 16.6 Å². The van der Waals surface area contributed by atoms with E-state index in [-0.39, 0.29) is 29.9 Å². The molecule has 3 N–H and O–H groups in total. The first-order valence-electron chi connectivity index (χ1n) is 7.41. The summed E-state index contributed by atoms with van der Waals surface area (Å²) in [7, 11) is 0. The first kappa shape index (κ1) is 20.8.